The average Bonchev–Trinajstić information content (AvgIpc) is 3.24. The van der Waals surface area contributed by atoms with Gasteiger partial charge in [-0.3, -0.25) is 9.69 Å². The van der Waals surface area contributed by atoms with Gasteiger partial charge in [-0.2, -0.15) is 0 Å². The molecule has 2 heterocycles. The van der Waals surface area contributed by atoms with Crippen molar-refractivity contribution in [2.45, 2.75) is 49.1 Å². The van der Waals surface area contributed by atoms with Crippen molar-refractivity contribution in [2.75, 3.05) is 32.7 Å². The van der Waals surface area contributed by atoms with Crippen molar-refractivity contribution in [1.29, 1.82) is 0 Å². The van der Waals surface area contributed by atoms with Crippen molar-refractivity contribution in [3.63, 3.8) is 0 Å². The van der Waals surface area contributed by atoms with Crippen LogP contribution >= 0.6 is 11.6 Å². The average molecular weight is 514 g/mol. The van der Waals surface area contributed by atoms with E-state index in [2.05, 4.69) is 15.2 Å². The predicted octanol–water partition coefficient (Wildman–Crippen LogP) is 3.40. The first-order chi connectivity index (χ1) is 16.1. The molecular weight excluding hydrogens is 484 g/mol. The molecule has 1 aliphatic carbocycles. The molecule has 186 valence electrons. The summed E-state index contributed by atoms with van der Waals surface area (Å²) in [6.07, 6.45) is 3.49. The highest BCUT2D eigenvalue weighted by Gasteiger charge is 2.47. The number of hydrogen-bond acceptors (Lipinski definition) is 4. The van der Waals surface area contributed by atoms with Crippen LogP contribution in [0.2, 0.25) is 5.02 Å². The SMILES string of the molecule is Cc1cccc(Cl)c1C(=O)NCC1(N2CCN(S(=O)c3cn(C)cn3)CC2)CCC(F)(F)CC1. The monoisotopic (exact) mass is 513 g/mol. The van der Waals surface area contributed by atoms with Gasteiger partial charge >= 0.3 is 0 Å². The lowest BCUT2D eigenvalue weighted by molar-refractivity contribution is -0.0855. The number of carbonyl (C=O) groups excluding carboxylic acids is 1. The number of nitrogens with zero attached hydrogens (tertiary/aromatic N) is 4. The van der Waals surface area contributed by atoms with E-state index in [1.165, 1.54) is 0 Å². The van der Waals surface area contributed by atoms with Gasteiger partial charge in [0.25, 0.3) is 5.91 Å². The summed E-state index contributed by atoms with van der Waals surface area (Å²) < 4.78 is 44.6. The van der Waals surface area contributed by atoms with E-state index < -0.39 is 22.4 Å². The van der Waals surface area contributed by atoms with Crippen LogP contribution in [0.4, 0.5) is 8.78 Å². The zero-order valence-corrected chi connectivity index (χ0v) is 21.0. The number of aryl methyl sites for hydroxylation is 2. The normalized spacial score (nSPS) is 21.8. The largest absolute Gasteiger partial charge is 0.350 e. The van der Waals surface area contributed by atoms with E-state index in [4.69, 9.17) is 11.6 Å². The Labute approximate surface area is 206 Å². The maximum Gasteiger partial charge on any atom is 0.253 e. The molecule has 1 saturated heterocycles. The fourth-order valence-electron chi connectivity index (χ4n) is 4.88. The third-order valence-electron chi connectivity index (χ3n) is 6.94. The van der Waals surface area contributed by atoms with Crippen LogP contribution in [0.15, 0.2) is 35.7 Å². The number of rotatable bonds is 6. The Morgan fingerprint density at radius 1 is 1.18 bits per heavy atom. The lowest BCUT2D eigenvalue weighted by Crippen LogP contribution is -2.63. The number of piperazine rings is 1. The van der Waals surface area contributed by atoms with Crippen LogP contribution < -0.4 is 5.32 Å². The highest BCUT2D eigenvalue weighted by Crippen LogP contribution is 2.42. The van der Waals surface area contributed by atoms with Gasteiger partial charge in [0, 0.05) is 64.3 Å². The van der Waals surface area contributed by atoms with E-state index in [-0.39, 0.29) is 38.1 Å². The van der Waals surface area contributed by atoms with Gasteiger partial charge in [0.2, 0.25) is 5.92 Å². The first-order valence-corrected chi connectivity index (χ1v) is 12.9. The Morgan fingerprint density at radius 3 is 2.44 bits per heavy atom. The van der Waals surface area contributed by atoms with Gasteiger partial charge < -0.3 is 9.88 Å². The number of aromatic nitrogens is 2. The third kappa shape index (κ3) is 5.35. The smallest absolute Gasteiger partial charge is 0.253 e. The molecule has 1 atom stereocenters. The summed E-state index contributed by atoms with van der Waals surface area (Å²) in [5.74, 6) is -2.98. The summed E-state index contributed by atoms with van der Waals surface area (Å²) in [5.41, 5.74) is 0.598. The molecule has 1 saturated carbocycles. The number of benzene rings is 1. The minimum atomic E-state index is -2.69. The van der Waals surface area contributed by atoms with E-state index in [0.29, 0.717) is 41.8 Å². The first kappa shape index (κ1) is 25.2. The molecule has 34 heavy (non-hydrogen) atoms. The summed E-state index contributed by atoms with van der Waals surface area (Å²) in [6.45, 7) is 4.28. The van der Waals surface area contributed by atoms with Gasteiger partial charge in [-0.15, -0.1) is 0 Å². The molecule has 0 spiro atoms. The van der Waals surface area contributed by atoms with Crippen molar-refractivity contribution < 1.29 is 17.8 Å². The molecule has 2 aromatic rings. The maximum absolute atomic E-state index is 14.1. The van der Waals surface area contributed by atoms with Gasteiger partial charge in [-0.05, 0) is 31.4 Å². The molecule has 1 aromatic heterocycles. The van der Waals surface area contributed by atoms with Crippen LogP contribution in [0.1, 0.15) is 41.6 Å². The molecule has 2 fully saturated rings. The highest BCUT2D eigenvalue weighted by atomic mass is 35.5. The van der Waals surface area contributed by atoms with Crippen LogP contribution in [0.25, 0.3) is 0 Å². The number of imidazole rings is 1. The van der Waals surface area contributed by atoms with Crippen molar-refractivity contribution in [3.8, 4) is 0 Å². The van der Waals surface area contributed by atoms with E-state index in [9.17, 15) is 17.8 Å². The van der Waals surface area contributed by atoms with Crippen molar-refractivity contribution in [2.24, 2.45) is 7.05 Å². The van der Waals surface area contributed by atoms with E-state index in [1.54, 1.807) is 29.2 Å². The summed E-state index contributed by atoms with van der Waals surface area (Å²) in [7, 11) is 0.460. The fraction of sp³-hybridized carbons (Fsp3) is 0.565. The van der Waals surface area contributed by atoms with Crippen LogP contribution in [0, 0.1) is 6.92 Å². The fourth-order valence-corrected chi connectivity index (χ4v) is 6.34. The van der Waals surface area contributed by atoms with Crippen LogP contribution in [-0.4, -0.2) is 73.1 Å². The lowest BCUT2D eigenvalue weighted by atomic mass is 9.78. The topological polar surface area (TPSA) is 70.5 Å². The van der Waals surface area contributed by atoms with Crippen LogP contribution in [-0.2, 0) is 18.0 Å². The number of carbonyl (C=O) groups is 1. The van der Waals surface area contributed by atoms with Gasteiger partial charge in [0.05, 0.1) is 16.9 Å². The minimum absolute atomic E-state index is 0.214. The summed E-state index contributed by atoms with van der Waals surface area (Å²) in [5, 5.41) is 3.85. The Bertz CT molecular complexity index is 1040. The number of hydrogen-bond donors (Lipinski definition) is 1. The Hall–Kier alpha value is -1.88. The second kappa shape index (κ2) is 10.0. The molecular formula is C23H30ClF2N5O2S. The van der Waals surface area contributed by atoms with E-state index in [1.807, 2.05) is 24.3 Å². The Balaban J connectivity index is 1.46. The molecule has 1 aliphatic heterocycles. The van der Waals surface area contributed by atoms with Gasteiger partial charge in [0.15, 0.2) is 5.03 Å². The number of alkyl halides is 2. The van der Waals surface area contributed by atoms with E-state index >= 15 is 0 Å². The number of nitrogens with one attached hydrogen (secondary N) is 1. The molecule has 0 radical (unpaired) electrons. The highest BCUT2D eigenvalue weighted by molar-refractivity contribution is 7.82. The van der Waals surface area contributed by atoms with Crippen molar-refractivity contribution >= 4 is 28.5 Å². The third-order valence-corrected chi connectivity index (χ3v) is 8.66. The zero-order chi connectivity index (χ0) is 24.5. The lowest BCUT2D eigenvalue weighted by Gasteiger charge is -2.50. The molecule has 4 rings (SSSR count). The summed E-state index contributed by atoms with van der Waals surface area (Å²) >= 11 is 6.25. The predicted molar refractivity (Wildman–Crippen MR) is 127 cm³/mol. The standard InChI is InChI=1S/C23H30ClF2N5O2S/c1-17-4-3-5-18(24)20(17)21(32)27-15-22(6-8-23(25,26)9-7-22)30-10-12-31(13-11-30)34(33)19-14-29(2)16-28-19/h3-5,14,16H,6-13,15H2,1-2H3,(H,27,32). The zero-order valence-electron chi connectivity index (χ0n) is 19.4. The van der Waals surface area contributed by atoms with Gasteiger partial charge in [-0.25, -0.2) is 22.3 Å². The Morgan fingerprint density at radius 2 is 1.85 bits per heavy atom. The molecule has 1 amide bonds. The van der Waals surface area contributed by atoms with Crippen molar-refractivity contribution in [3.05, 3.63) is 46.9 Å². The quantitative estimate of drug-likeness (QED) is 0.642. The van der Waals surface area contributed by atoms with E-state index in [0.717, 1.165) is 5.56 Å². The molecule has 7 nitrogen and oxygen atoms in total. The van der Waals surface area contributed by atoms with Gasteiger partial charge in [-0.1, -0.05) is 23.7 Å². The number of amides is 1. The van der Waals surface area contributed by atoms with Crippen LogP contribution in [0.5, 0.6) is 0 Å². The molecule has 2 aliphatic rings. The summed E-state index contributed by atoms with van der Waals surface area (Å²) in [6, 6.07) is 5.27. The maximum atomic E-state index is 14.1. The molecule has 1 aromatic carbocycles. The molecule has 1 N–H and O–H groups in total. The van der Waals surface area contributed by atoms with Crippen LogP contribution in [0.3, 0.4) is 0 Å². The second-order valence-electron chi connectivity index (χ2n) is 9.24. The van der Waals surface area contributed by atoms with Gasteiger partial charge in [0.1, 0.15) is 11.0 Å². The Kier molecular flexibility index (Phi) is 7.42. The summed E-state index contributed by atoms with van der Waals surface area (Å²) in [4.78, 5) is 19.3. The second-order valence-corrected chi connectivity index (χ2v) is 11.1. The number of halogens is 3. The molecule has 1 unspecified atom stereocenters. The molecule has 0 bridgehead atoms. The minimum Gasteiger partial charge on any atom is -0.350 e. The molecule has 11 heteroatoms. The van der Waals surface area contributed by atoms with Crippen molar-refractivity contribution in [1.82, 2.24) is 24.1 Å². The first-order valence-electron chi connectivity index (χ1n) is 11.4.